The van der Waals surface area contributed by atoms with Crippen LogP contribution in [0.4, 0.5) is 24.8 Å². The highest BCUT2D eigenvalue weighted by Crippen LogP contribution is 2.37. The van der Waals surface area contributed by atoms with E-state index in [0.717, 1.165) is 31.0 Å². The Bertz CT molecular complexity index is 1250. The van der Waals surface area contributed by atoms with Gasteiger partial charge in [-0.1, -0.05) is 6.58 Å². The van der Waals surface area contributed by atoms with E-state index in [2.05, 4.69) is 26.4 Å². The van der Waals surface area contributed by atoms with Crippen LogP contribution < -0.4 is 15.4 Å². The molecule has 13 heteroatoms. The fraction of sp³-hybridized carbons (Fsp3) is 0.536. The molecule has 1 fully saturated rings. The summed E-state index contributed by atoms with van der Waals surface area (Å²) in [5.74, 6) is 0.111. The fourth-order valence-corrected chi connectivity index (χ4v) is 4.96. The van der Waals surface area contributed by atoms with Crippen LogP contribution in [0.25, 0.3) is 0 Å². The average molecular weight is 575 g/mol. The summed E-state index contributed by atoms with van der Waals surface area (Å²) in [7, 11) is 2.05. The van der Waals surface area contributed by atoms with E-state index in [9.17, 15) is 18.0 Å². The van der Waals surface area contributed by atoms with Gasteiger partial charge in [0.05, 0.1) is 30.3 Å². The molecule has 41 heavy (non-hydrogen) atoms. The number of fused-ring (bicyclic) bond motifs is 1. The molecule has 4 rings (SSSR count). The smallest absolute Gasteiger partial charge is 0.419 e. The maximum absolute atomic E-state index is 13.4. The van der Waals surface area contributed by atoms with Gasteiger partial charge in [-0.2, -0.15) is 28.4 Å². The summed E-state index contributed by atoms with van der Waals surface area (Å²) in [5, 5.41) is 8.42. The molecule has 0 aromatic carbocycles. The van der Waals surface area contributed by atoms with E-state index in [1.165, 1.54) is 18.3 Å². The van der Waals surface area contributed by atoms with E-state index >= 15 is 0 Å². The largest absolute Gasteiger partial charge is 0.462 e. The monoisotopic (exact) mass is 574 g/mol. The van der Waals surface area contributed by atoms with E-state index in [0.29, 0.717) is 50.1 Å². The van der Waals surface area contributed by atoms with Crippen LogP contribution in [0.3, 0.4) is 0 Å². The zero-order chi connectivity index (χ0) is 30.2. The molecule has 0 radical (unpaired) electrons. The lowest BCUT2D eigenvalue weighted by atomic mass is 10.0. The van der Waals surface area contributed by atoms with Crippen LogP contribution >= 0.6 is 0 Å². The molecule has 2 aromatic heterocycles. The van der Waals surface area contributed by atoms with Crippen LogP contribution in [-0.4, -0.2) is 76.0 Å². The van der Waals surface area contributed by atoms with Gasteiger partial charge in [0, 0.05) is 36.9 Å². The number of alkyl halides is 3. The molecular formula is C28H37F3N8O2. The van der Waals surface area contributed by atoms with Crippen LogP contribution in [0.5, 0.6) is 6.01 Å². The number of hydrogen-bond donors (Lipinski definition) is 1. The first-order valence-corrected chi connectivity index (χ1v) is 13.6. The highest BCUT2D eigenvalue weighted by atomic mass is 19.4. The second-order valence-corrected chi connectivity index (χ2v) is 9.99. The standard InChI is InChI=1S/C19H23F3N6O.C9H14N2O/c1-27-8-3-4-12(27)11-29-18-25-15-10-28(9-6-13(15)16(23)26-18)17-14(19(20,21)22)5-2-7-24-17;1-4-9(12)11(5-2)8(3)6-7-10/h2,5,7,12H,3-4,6,8-11H2,1H3,(H2,23,25,26);4,8H,1,5-6H2,2-3H3/t12-;/m0./s1. The number of nitriles is 1. The highest BCUT2D eigenvalue weighted by Gasteiger charge is 2.36. The van der Waals surface area contributed by atoms with E-state index in [4.69, 9.17) is 15.7 Å². The minimum Gasteiger partial charge on any atom is -0.462 e. The Balaban J connectivity index is 0.000000327. The Morgan fingerprint density at radius 1 is 1.39 bits per heavy atom. The fourth-order valence-electron chi connectivity index (χ4n) is 4.96. The molecule has 0 bridgehead atoms. The number of likely N-dealkylation sites (tertiary alicyclic amines) is 1. The molecule has 2 N–H and O–H groups in total. The van der Waals surface area contributed by atoms with Gasteiger partial charge in [0.1, 0.15) is 18.2 Å². The van der Waals surface area contributed by atoms with Gasteiger partial charge >= 0.3 is 12.2 Å². The first kappa shape index (κ1) is 31.6. The molecule has 0 saturated carbocycles. The molecule has 2 atom stereocenters. The topological polar surface area (TPSA) is 124 Å². The molecule has 1 unspecified atom stereocenters. The number of anilines is 2. The molecule has 222 valence electrons. The Hall–Kier alpha value is -3.92. The van der Waals surface area contributed by atoms with Crippen LogP contribution in [-0.2, 0) is 23.9 Å². The molecule has 4 heterocycles. The van der Waals surface area contributed by atoms with Crippen molar-refractivity contribution in [3.63, 3.8) is 0 Å². The highest BCUT2D eigenvalue weighted by molar-refractivity contribution is 5.87. The molecule has 2 aromatic rings. The van der Waals surface area contributed by atoms with E-state index in [1.807, 2.05) is 27.0 Å². The lowest BCUT2D eigenvalue weighted by molar-refractivity contribution is -0.137. The number of nitrogens with zero attached hydrogens (tertiary/aromatic N) is 7. The average Bonchev–Trinajstić information content (AvgIpc) is 3.36. The van der Waals surface area contributed by atoms with Crippen molar-refractivity contribution < 1.29 is 22.7 Å². The van der Waals surface area contributed by atoms with E-state index < -0.39 is 11.7 Å². The van der Waals surface area contributed by atoms with Crippen molar-refractivity contribution in [1.29, 1.82) is 5.26 Å². The number of hydrogen-bond acceptors (Lipinski definition) is 9. The van der Waals surface area contributed by atoms with Gasteiger partial charge in [-0.05, 0) is 64.9 Å². The maximum Gasteiger partial charge on any atom is 0.419 e. The van der Waals surface area contributed by atoms with Crippen LogP contribution in [0.1, 0.15) is 49.9 Å². The summed E-state index contributed by atoms with van der Waals surface area (Å²) in [6, 6.07) is 4.81. The van der Waals surface area contributed by atoms with Gasteiger partial charge in [0.15, 0.2) is 0 Å². The summed E-state index contributed by atoms with van der Waals surface area (Å²) in [4.78, 5) is 29.2. The molecule has 1 saturated heterocycles. The third-order valence-corrected chi connectivity index (χ3v) is 7.26. The molecule has 2 aliphatic heterocycles. The molecular weight excluding hydrogens is 537 g/mol. The van der Waals surface area contributed by atoms with Crippen molar-refractivity contribution in [2.75, 3.05) is 43.9 Å². The number of pyridine rings is 1. The minimum absolute atomic E-state index is 0.0227. The van der Waals surface area contributed by atoms with E-state index in [1.54, 1.807) is 9.80 Å². The molecule has 0 aliphatic carbocycles. The van der Waals surface area contributed by atoms with Crippen molar-refractivity contribution in [2.24, 2.45) is 0 Å². The Labute approximate surface area is 238 Å². The Kier molecular flexibility index (Phi) is 10.9. The number of carbonyl (C=O) groups is 1. The van der Waals surface area contributed by atoms with Crippen molar-refractivity contribution in [1.82, 2.24) is 24.8 Å². The predicted molar refractivity (Wildman–Crippen MR) is 149 cm³/mol. The van der Waals surface area contributed by atoms with Gasteiger partial charge in [-0.3, -0.25) is 4.79 Å². The number of rotatable bonds is 8. The van der Waals surface area contributed by atoms with Crippen LogP contribution in [0.2, 0.25) is 0 Å². The van der Waals surface area contributed by atoms with Crippen molar-refractivity contribution >= 4 is 17.5 Å². The number of nitrogen functional groups attached to an aromatic ring is 1. The lowest BCUT2D eigenvalue weighted by Crippen LogP contribution is -2.37. The predicted octanol–water partition coefficient (Wildman–Crippen LogP) is 3.83. The van der Waals surface area contributed by atoms with Gasteiger partial charge in [-0.15, -0.1) is 0 Å². The second-order valence-electron chi connectivity index (χ2n) is 9.99. The lowest BCUT2D eigenvalue weighted by Gasteiger charge is -2.31. The normalized spacial score (nSPS) is 17.5. The zero-order valence-corrected chi connectivity index (χ0v) is 23.7. The first-order chi connectivity index (χ1) is 19.5. The second kappa shape index (κ2) is 14.1. The molecule has 0 spiro atoms. The summed E-state index contributed by atoms with van der Waals surface area (Å²) in [6.07, 6.45) is 1.14. The number of ether oxygens (including phenoxy) is 1. The van der Waals surface area contributed by atoms with Crippen molar-refractivity contribution in [3.05, 3.63) is 47.8 Å². The van der Waals surface area contributed by atoms with Gasteiger partial charge in [0.25, 0.3) is 0 Å². The number of likely N-dealkylation sites (N-methyl/N-ethyl adjacent to an activating group) is 2. The molecule has 2 aliphatic rings. The number of amides is 1. The summed E-state index contributed by atoms with van der Waals surface area (Å²) >= 11 is 0. The Morgan fingerprint density at radius 2 is 2.15 bits per heavy atom. The number of nitrogens with two attached hydrogens (primary N) is 1. The van der Waals surface area contributed by atoms with Crippen LogP contribution in [0.15, 0.2) is 31.0 Å². The van der Waals surface area contributed by atoms with Gasteiger partial charge in [-0.25, -0.2) is 4.98 Å². The third-order valence-electron chi connectivity index (χ3n) is 7.26. The zero-order valence-electron chi connectivity index (χ0n) is 23.7. The number of halogens is 3. The summed E-state index contributed by atoms with van der Waals surface area (Å²) in [5.41, 5.74) is 6.66. The van der Waals surface area contributed by atoms with Crippen molar-refractivity contribution in [2.45, 2.75) is 64.3 Å². The quantitative estimate of drug-likeness (QED) is 0.469. The maximum atomic E-state index is 13.4. The van der Waals surface area contributed by atoms with Crippen molar-refractivity contribution in [3.8, 4) is 12.1 Å². The molecule has 10 nitrogen and oxygen atoms in total. The Morgan fingerprint density at radius 3 is 2.76 bits per heavy atom. The van der Waals surface area contributed by atoms with Gasteiger partial charge in [0.2, 0.25) is 5.91 Å². The number of aromatic nitrogens is 3. The first-order valence-electron chi connectivity index (χ1n) is 13.6. The van der Waals surface area contributed by atoms with Gasteiger partial charge < -0.3 is 25.2 Å². The number of carbonyl (C=O) groups excluding carboxylic acids is 1. The molecule has 1 amide bonds. The minimum atomic E-state index is -4.48. The summed E-state index contributed by atoms with van der Waals surface area (Å²) in [6.45, 7) is 9.76. The summed E-state index contributed by atoms with van der Waals surface area (Å²) < 4.78 is 45.9. The van der Waals surface area contributed by atoms with E-state index in [-0.39, 0.29) is 30.3 Å². The SMILES string of the molecule is C=CC(=O)N(CC)C(C)CC#N.CN1CCC[C@H]1COc1nc(N)c2c(n1)CN(c1ncccc1C(F)(F)F)CC2. The third kappa shape index (κ3) is 8.07. The van der Waals surface area contributed by atoms with Crippen LogP contribution in [0, 0.1) is 11.3 Å².